The molecular formula is C13H19NO4. The molecule has 0 aromatic rings. The first-order valence-corrected chi connectivity index (χ1v) is 5.81. The summed E-state index contributed by atoms with van der Waals surface area (Å²) in [5, 5.41) is 0. The van der Waals surface area contributed by atoms with Crippen LogP contribution in [-0.2, 0) is 19.1 Å². The number of carbonyl (C=O) groups is 2. The Labute approximate surface area is 107 Å². The maximum atomic E-state index is 11.9. The highest BCUT2D eigenvalue weighted by Gasteiger charge is 2.33. The Bertz CT molecular complexity index is 409. The molecule has 0 saturated carbocycles. The summed E-state index contributed by atoms with van der Waals surface area (Å²) in [5.74, 6) is -1.21. The molecule has 1 aliphatic heterocycles. The van der Waals surface area contributed by atoms with Gasteiger partial charge in [-0.2, -0.15) is 0 Å². The molecule has 1 atom stereocenters. The highest BCUT2D eigenvalue weighted by Crippen LogP contribution is 2.28. The highest BCUT2D eigenvalue weighted by molar-refractivity contribution is 6.01. The number of hydrogen-bond donors (Lipinski definition) is 0. The molecular weight excluding hydrogens is 234 g/mol. The molecule has 0 amide bonds. The lowest BCUT2D eigenvalue weighted by atomic mass is 9.94. The summed E-state index contributed by atoms with van der Waals surface area (Å²) in [5.41, 5.74) is 0.593. The second-order valence-electron chi connectivity index (χ2n) is 4.38. The number of esters is 2. The second-order valence-corrected chi connectivity index (χ2v) is 4.38. The molecule has 5 nitrogen and oxygen atoms in total. The van der Waals surface area contributed by atoms with Gasteiger partial charge in [-0.1, -0.05) is 13.0 Å². The zero-order valence-electron chi connectivity index (χ0n) is 11.4. The van der Waals surface area contributed by atoms with Crippen molar-refractivity contribution in [1.29, 1.82) is 0 Å². The summed E-state index contributed by atoms with van der Waals surface area (Å²) in [4.78, 5) is 25.4. The third-order valence-corrected chi connectivity index (χ3v) is 2.84. The molecule has 100 valence electrons. The molecule has 0 aromatic carbocycles. The largest absolute Gasteiger partial charge is 0.466 e. The molecule has 0 N–H and O–H groups in total. The Morgan fingerprint density at radius 2 is 1.78 bits per heavy atom. The summed E-state index contributed by atoms with van der Waals surface area (Å²) in [6.07, 6.45) is 3.66. The number of allylic oxidation sites excluding steroid dienone is 1. The monoisotopic (exact) mass is 253 g/mol. The van der Waals surface area contributed by atoms with Crippen molar-refractivity contribution in [3.05, 3.63) is 23.5 Å². The smallest absolute Gasteiger partial charge is 0.355 e. The fourth-order valence-electron chi connectivity index (χ4n) is 1.88. The third kappa shape index (κ3) is 2.55. The summed E-state index contributed by atoms with van der Waals surface area (Å²) in [7, 11) is 2.60. The average molecular weight is 253 g/mol. The Morgan fingerprint density at radius 3 is 2.22 bits per heavy atom. The molecule has 1 aliphatic rings. The van der Waals surface area contributed by atoms with Gasteiger partial charge in [-0.25, -0.2) is 9.59 Å². The van der Waals surface area contributed by atoms with Crippen molar-refractivity contribution in [3.8, 4) is 0 Å². The van der Waals surface area contributed by atoms with Gasteiger partial charge in [-0.05, 0) is 13.8 Å². The first kappa shape index (κ1) is 14.3. The van der Waals surface area contributed by atoms with Crippen LogP contribution < -0.4 is 0 Å². The summed E-state index contributed by atoms with van der Waals surface area (Å²) < 4.78 is 9.51. The maximum absolute atomic E-state index is 11.9. The Balaban J connectivity index is 3.35. The first-order valence-electron chi connectivity index (χ1n) is 5.81. The zero-order valence-corrected chi connectivity index (χ0v) is 11.4. The summed E-state index contributed by atoms with van der Waals surface area (Å²) in [6, 6.07) is 0.0440. The van der Waals surface area contributed by atoms with Gasteiger partial charge in [0.05, 0.1) is 19.8 Å². The van der Waals surface area contributed by atoms with Crippen molar-refractivity contribution in [1.82, 2.24) is 4.90 Å². The predicted molar refractivity (Wildman–Crippen MR) is 66.3 cm³/mol. The minimum Gasteiger partial charge on any atom is -0.466 e. The molecule has 0 fully saturated rings. The Morgan fingerprint density at radius 1 is 1.22 bits per heavy atom. The van der Waals surface area contributed by atoms with Crippen molar-refractivity contribution >= 4 is 11.9 Å². The molecule has 0 radical (unpaired) electrons. The zero-order chi connectivity index (χ0) is 13.9. The second kappa shape index (κ2) is 5.71. The van der Waals surface area contributed by atoms with Crippen LogP contribution in [0.3, 0.4) is 0 Å². The standard InChI is InChI=1S/C13H19NO4/c1-8(2)14-7-6-9(3)10(12(15)17-4)11(14)13(16)18-5/h6-9H,1-5H3. The molecule has 1 unspecified atom stereocenters. The third-order valence-electron chi connectivity index (χ3n) is 2.84. The van der Waals surface area contributed by atoms with E-state index in [1.165, 1.54) is 14.2 Å². The topological polar surface area (TPSA) is 55.8 Å². The van der Waals surface area contributed by atoms with Crippen molar-refractivity contribution in [2.45, 2.75) is 26.8 Å². The van der Waals surface area contributed by atoms with Gasteiger partial charge in [-0.3, -0.25) is 0 Å². The van der Waals surface area contributed by atoms with E-state index in [4.69, 9.17) is 9.47 Å². The van der Waals surface area contributed by atoms with Gasteiger partial charge in [0.15, 0.2) is 0 Å². The quantitative estimate of drug-likeness (QED) is 0.713. The minimum absolute atomic E-state index is 0.0440. The van der Waals surface area contributed by atoms with Crippen LogP contribution in [0.2, 0.25) is 0 Å². The van der Waals surface area contributed by atoms with E-state index in [-0.39, 0.29) is 17.7 Å². The van der Waals surface area contributed by atoms with Crippen LogP contribution in [0.4, 0.5) is 0 Å². The van der Waals surface area contributed by atoms with E-state index in [9.17, 15) is 9.59 Å². The molecule has 0 bridgehead atoms. The van der Waals surface area contributed by atoms with Gasteiger partial charge in [0.2, 0.25) is 0 Å². The van der Waals surface area contributed by atoms with Gasteiger partial charge in [0.25, 0.3) is 0 Å². The number of nitrogens with zero attached hydrogens (tertiary/aromatic N) is 1. The van der Waals surface area contributed by atoms with Gasteiger partial charge >= 0.3 is 11.9 Å². The number of rotatable bonds is 3. The van der Waals surface area contributed by atoms with Crippen molar-refractivity contribution in [3.63, 3.8) is 0 Å². The van der Waals surface area contributed by atoms with Crippen LogP contribution in [0.15, 0.2) is 23.5 Å². The highest BCUT2D eigenvalue weighted by atomic mass is 16.5. The fourth-order valence-corrected chi connectivity index (χ4v) is 1.88. The molecule has 0 saturated heterocycles. The molecule has 1 heterocycles. The van der Waals surface area contributed by atoms with Gasteiger partial charge in [-0.15, -0.1) is 0 Å². The van der Waals surface area contributed by atoms with E-state index in [1.54, 1.807) is 11.1 Å². The Hall–Kier alpha value is -1.78. The SMILES string of the molecule is COC(=O)C1=C(C(=O)OC)N(C(C)C)C=CC1C. The fraction of sp³-hybridized carbons (Fsp3) is 0.538. The molecule has 5 heteroatoms. The lowest BCUT2D eigenvalue weighted by Crippen LogP contribution is -2.36. The van der Waals surface area contributed by atoms with Gasteiger partial charge in [0, 0.05) is 18.2 Å². The van der Waals surface area contributed by atoms with Crippen molar-refractivity contribution in [2.24, 2.45) is 5.92 Å². The van der Waals surface area contributed by atoms with Crippen molar-refractivity contribution < 1.29 is 19.1 Å². The van der Waals surface area contributed by atoms with E-state index >= 15 is 0 Å². The van der Waals surface area contributed by atoms with Crippen LogP contribution in [0, 0.1) is 5.92 Å². The van der Waals surface area contributed by atoms with Gasteiger partial charge < -0.3 is 14.4 Å². The van der Waals surface area contributed by atoms with Crippen molar-refractivity contribution in [2.75, 3.05) is 14.2 Å². The summed E-state index contributed by atoms with van der Waals surface area (Å²) in [6.45, 7) is 5.69. The van der Waals surface area contributed by atoms with E-state index < -0.39 is 11.9 Å². The van der Waals surface area contributed by atoms with Crippen LogP contribution in [-0.4, -0.2) is 37.1 Å². The molecule has 0 aliphatic carbocycles. The molecule has 0 spiro atoms. The van der Waals surface area contributed by atoms with Gasteiger partial charge in [0.1, 0.15) is 5.70 Å². The number of hydrogen-bond acceptors (Lipinski definition) is 5. The number of ether oxygens (including phenoxy) is 2. The first-order chi connectivity index (χ1) is 8.43. The molecule has 0 aromatic heterocycles. The van der Waals surface area contributed by atoms with E-state index in [0.717, 1.165) is 0 Å². The molecule has 18 heavy (non-hydrogen) atoms. The van der Waals surface area contributed by atoms with E-state index in [2.05, 4.69) is 0 Å². The average Bonchev–Trinajstić information content (AvgIpc) is 2.36. The van der Waals surface area contributed by atoms with E-state index in [0.29, 0.717) is 5.57 Å². The predicted octanol–water partition coefficient (Wildman–Crippen LogP) is 1.46. The van der Waals surface area contributed by atoms with E-state index in [1.807, 2.05) is 26.8 Å². The molecule has 1 rings (SSSR count). The van der Waals surface area contributed by atoms with Crippen LogP contribution >= 0.6 is 0 Å². The lowest BCUT2D eigenvalue weighted by molar-refractivity contribution is -0.141. The Kier molecular flexibility index (Phi) is 4.53. The lowest BCUT2D eigenvalue weighted by Gasteiger charge is -2.32. The number of methoxy groups -OCH3 is 2. The van der Waals surface area contributed by atoms with Crippen LogP contribution in [0.1, 0.15) is 20.8 Å². The maximum Gasteiger partial charge on any atom is 0.355 e. The summed E-state index contributed by atoms with van der Waals surface area (Å²) >= 11 is 0. The van der Waals surface area contributed by atoms with Crippen LogP contribution in [0.25, 0.3) is 0 Å². The normalized spacial score (nSPS) is 19.2. The number of carbonyl (C=O) groups excluding carboxylic acids is 2. The minimum atomic E-state index is -0.527. The van der Waals surface area contributed by atoms with Crippen LogP contribution in [0.5, 0.6) is 0 Å².